The Morgan fingerprint density at radius 2 is 1.94 bits per heavy atom. The minimum Gasteiger partial charge on any atom is -0.491 e. The van der Waals surface area contributed by atoms with Crippen molar-refractivity contribution in [2.45, 2.75) is 20.0 Å². The van der Waals surface area contributed by atoms with E-state index in [-0.39, 0.29) is 6.10 Å². The summed E-state index contributed by atoms with van der Waals surface area (Å²) in [4.78, 5) is 10.9. The minimum atomic E-state index is 0.149. The number of aryl methyl sites for hydroxylation is 1. The standard InChI is InChI=1S/C14H16N2O2/c1-10(2)18-13-6-4-11(5-7-13)14-12(9-17)8-16(3)15-14/h4-10H,1-3H3. The first-order valence-corrected chi connectivity index (χ1v) is 5.86. The van der Waals surface area contributed by atoms with Crippen molar-refractivity contribution in [1.29, 1.82) is 0 Å². The lowest BCUT2D eigenvalue weighted by Gasteiger charge is -2.09. The van der Waals surface area contributed by atoms with Crippen LogP contribution in [-0.4, -0.2) is 22.2 Å². The molecular formula is C14H16N2O2. The maximum absolute atomic E-state index is 10.9. The summed E-state index contributed by atoms with van der Waals surface area (Å²) in [5, 5.41) is 4.29. The van der Waals surface area contributed by atoms with Crippen molar-refractivity contribution in [1.82, 2.24) is 9.78 Å². The fourth-order valence-corrected chi connectivity index (χ4v) is 1.78. The number of nitrogens with zero attached hydrogens (tertiary/aromatic N) is 2. The van der Waals surface area contributed by atoms with Crippen LogP contribution in [-0.2, 0) is 7.05 Å². The lowest BCUT2D eigenvalue weighted by molar-refractivity contribution is 0.112. The Kier molecular flexibility index (Phi) is 3.46. The smallest absolute Gasteiger partial charge is 0.153 e. The van der Waals surface area contributed by atoms with Gasteiger partial charge in [0, 0.05) is 18.8 Å². The number of benzene rings is 1. The third-order valence-corrected chi connectivity index (χ3v) is 2.48. The van der Waals surface area contributed by atoms with E-state index >= 15 is 0 Å². The Bertz CT molecular complexity index is 541. The molecule has 4 nitrogen and oxygen atoms in total. The summed E-state index contributed by atoms with van der Waals surface area (Å²) < 4.78 is 7.21. The molecule has 1 heterocycles. The van der Waals surface area contributed by atoms with Crippen LogP contribution in [0.4, 0.5) is 0 Å². The number of aromatic nitrogens is 2. The number of rotatable bonds is 4. The maximum Gasteiger partial charge on any atom is 0.153 e. The van der Waals surface area contributed by atoms with Crippen LogP contribution < -0.4 is 4.74 Å². The van der Waals surface area contributed by atoms with E-state index in [4.69, 9.17) is 4.74 Å². The van der Waals surface area contributed by atoms with E-state index in [0.717, 1.165) is 17.6 Å². The summed E-state index contributed by atoms with van der Waals surface area (Å²) in [7, 11) is 1.80. The number of carbonyl (C=O) groups excluding carboxylic acids is 1. The van der Waals surface area contributed by atoms with Gasteiger partial charge in [-0.2, -0.15) is 5.10 Å². The highest BCUT2D eigenvalue weighted by Crippen LogP contribution is 2.23. The van der Waals surface area contributed by atoms with Crippen molar-refractivity contribution in [3.05, 3.63) is 36.0 Å². The van der Waals surface area contributed by atoms with Gasteiger partial charge >= 0.3 is 0 Å². The maximum atomic E-state index is 10.9. The molecule has 0 aliphatic carbocycles. The molecule has 0 bridgehead atoms. The number of ether oxygens (including phenoxy) is 1. The largest absolute Gasteiger partial charge is 0.491 e. The Morgan fingerprint density at radius 1 is 1.28 bits per heavy atom. The van der Waals surface area contributed by atoms with E-state index in [0.29, 0.717) is 11.3 Å². The molecule has 0 fully saturated rings. The number of carbonyl (C=O) groups is 1. The van der Waals surface area contributed by atoms with Gasteiger partial charge in [0.25, 0.3) is 0 Å². The van der Waals surface area contributed by atoms with Gasteiger partial charge in [-0.05, 0) is 38.1 Å². The molecule has 0 radical (unpaired) electrons. The molecule has 2 aromatic rings. The zero-order valence-corrected chi connectivity index (χ0v) is 10.8. The van der Waals surface area contributed by atoms with Crippen molar-refractivity contribution in [2.24, 2.45) is 7.05 Å². The van der Waals surface area contributed by atoms with Gasteiger partial charge in [0.2, 0.25) is 0 Å². The molecule has 0 spiro atoms. The second-order valence-corrected chi connectivity index (χ2v) is 4.42. The third kappa shape index (κ3) is 2.59. The third-order valence-electron chi connectivity index (χ3n) is 2.48. The Balaban J connectivity index is 2.31. The lowest BCUT2D eigenvalue weighted by atomic mass is 10.1. The van der Waals surface area contributed by atoms with Gasteiger partial charge in [0.05, 0.1) is 11.7 Å². The molecule has 0 aliphatic heterocycles. The molecule has 0 amide bonds. The van der Waals surface area contributed by atoms with Gasteiger partial charge in [0.1, 0.15) is 11.4 Å². The number of aldehydes is 1. The molecule has 0 aliphatic rings. The first-order chi connectivity index (χ1) is 8.60. The highest BCUT2D eigenvalue weighted by atomic mass is 16.5. The zero-order valence-electron chi connectivity index (χ0n) is 10.8. The molecule has 0 N–H and O–H groups in total. The van der Waals surface area contributed by atoms with Gasteiger partial charge in [-0.3, -0.25) is 9.48 Å². The van der Waals surface area contributed by atoms with Gasteiger partial charge in [-0.15, -0.1) is 0 Å². The molecule has 0 saturated heterocycles. The number of hydrogen-bond acceptors (Lipinski definition) is 3. The van der Waals surface area contributed by atoms with Crippen molar-refractivity contribution in [3.8, 4) is 17.0 Å². The summed E-state index contributed by atoms with van der Waals surface area (Å²) in [6, 6.07) is 7.59. The van der Waals surface area contributed by atoms with Crippen molar-refractivity contribution < 1.29 is 9.53 Å². The fourth-order valence-electron chi connectivity index (χ4n) is 1.78. The van der Waals surface area contributed by atoms with E-state index in [1.807, 2.05) is 38.1 Å². The van der Waals surface area contributed by atoms with Crippen LogP contribution in [0, 0.1) is 0 Å². The molecule has 18 heavy (non-hydrogen) atoms. The lowest BCUT2D eigenvalue weighted by Crippen LogP contribution is -2.05. The first-order valence-electron chi connectivity index (χ1n) is 5.86. The van der Waals surface area contributed by atoms with Crippen LogP contribution in [0.1, 0.15) is 24.2 Å². The van der Waals surface area contributed by atoms with Gasteiger partial charge in [-0.25, -0.2) is 0 Å². The van der Waals surface area contributed by atoms with E-state index in [1.165, 1.54) is 0 Å². The highest BCUT2D eigenvalue weighted by molar-refractivity contribution is 5.85. The minimum absolute atomic E-state index is 0.149. The van der Waals surface area contributed by atoms with Crippen LogP contribution in [0.3, 0.4) is 0 Å². The summed E-state index contributed by atoms with van der Waals surface area (Å²) >= 11 is 0. The van der Waals surface area contributed by atoms with Gasteiger partial charge in [0.15, 0.2) is 6.29 Å². The van der Waals surface area contributed by atoms with Crippen molar-refractivity contribution in [3.63, 3.8) is 0 Å². The van der Waals surface area contributed by atoms with Crippen molar-refractivity contribution in [2.75, 3.05) is 0 Å². The summed E-state index contributed by atoms with van der Waals surface area (Å²) in [5.41, 5.74) is 2.20. The Hall–Kier alpha value is -2.10. The van der Waals surface area contributed by atoms with Crippen LogP contribution in [0.5, 0.6) is 5.75 Å². The molecule has 2 rings (SSSR count). The molecule has 94 valence electrons. The SMILES string of the molecule is CC(C)Oc1ccc(-c2nn(C)cc2C=O)cc1. The fraction of sp³-hybridized carbons (Fsp3) is 0.286. The highest BCUT2D eigenvalue weighted by Gasteiger charge is 2.09. The van der Waals surface area contributed by atoms with Crippen molar-refractivity contribution >= 4 is 6.29 Å². The molecule has 4 heteroatoms. The van der Waals surface area contributed by atoms with E-state index in [9.17, 15) is 4.79 Å². The summed E-state index contributed by atoms with van der Waals surface area (Å²) in [5.74, 6) is 0.817. The van der Waals surface area contributed by atoms with Crippen LogP contribution in [0.2, 0.25) is 0 Å². The normalized spacial score (nSPS) is 10.7. The molecular weight excluding hydrogens is 228 g/mol. The summed E-state index contributed by atoms with van der Waals surface area (Å²) in [6.07, 6.45) is 2.68. The monoisotopic (exact) mass is 244 g/mol. The Labute approximate surface area is 106 Å². The van der Waals surface area contributed by atoms with Gasteiger partial charge < -0.3 is 4.74 Å². The molecule has 0 saturated carbocycles. The van der Waals surface area contributed by atoms with Crippen LogP contribution >= 0.6 is 0 Å². The van der Waals surface area contributed by atoms with E-state index in [2.05, 4.69) is 5.10 Å². The molecule has 1 aromatic carbocycles. The van der Waals surface area contributed by atoms with E-state index in [1.54, 1.807) is 17.9 Å². The first kappa shape index (κ1) is 12.4. The van der Waals surface area contributed by atoms with Crippen LogP contribution in [0.15, 0.2) is 30.5 Å². The Morgan fingerprint density at radius 3 is 2.50 bits per heavy atom. The molecule has 0 atom stereocenters. The second kappa shape index (κ2) is 5.04. The second-order valence-electron chi connectivity index (χ2n) is 4.42. The van der Waals surface area contributed by atoms with Crippen LogP contribution in [0.25, 0.3) is 11.3 Å². The predicted molar refractivity (Wildman–Crippen MR) is 69.8 cm³/mol. The van der Waals surface area contributed by atoms with Gasteiger partial charge in [-0.1, -0.05) is 0 Å². The number of hydrogen-bond donors (Lipinski definition) is 0. The predicted octanol–water partition coefficient (Wildman–Crippen LogP) is 2.69. The summed E-state index contributed by atoms with van der Waals surface area (Å²) in [6.45, 7) is 3.97. The average molecular weight is 244 g/mol. The average Bonchev–Trinajstić information content (AvgIpc) is 2.71. The quantitative estimate of drug-likeness (QED) is 0.777. The molecule has 1 aromatic heterocycles. The van der Waals surface area contributed by atoms with E-state index < -0.39 is 0 Å². The topological polar surface area (TPSA) is 44.1 Å². The molecule has 0 unspecified atom stereocenters. The zero-order chi connectivity index (χ0) is 13.1.